The van der Waals surface area contributed by atoms with Crippen LogP contribution in [0.4, 0.5) is 0 Å². The standard InChI is InChI=1S/C7H5NO2S2.Na/c9-12(10)6-3-1-2-5-7(6)8-4-11-5;/h1-4H,(H,9,10);/q;+1/p-1. The molecule has 62 valence electrons. The third kappa shape index (κ3) is 2.18. The molecule has 13 heavy (non-hydrogen) atoms. The van der Waals surface area contributed by atoms with Gasteiger partial charge in [-0.1, -0.05) is 6.07 Å². The van der Waals surface area contributed by atoms with Crippen molar-refractivity contribution < 1.29 is 38.3 Å². The first-order valence-corrected chi connectivity index (χ1v) is 5.16. The Labute approximate surface area is 104 Å². The van der Waals surface area contributed by atoms with Gasteiger partial charge in [0.2, 0.25) is 0 Å². The summed E-state index contributed by atoms with van der Waals surface area (Å²) in [5.41, 5.74) is 2.21. The molecule has 1 heterocycles. The first kappa shape index (κ1) is 11.3. The van der Waals surface area contributed by atoms with Crippen molar-refractivity contribution in [3.8, 4) is 0 Å². The van der Waals surface area contributed by atoms with Crippen molar-refractivity contribution >= 4 is 32.6 Å². The molecule has 1 unspecified atom stereocenters. The summed E-state index contributed by atoms with van der Waals surface area (Å²) in [6.07, 6.45) is 0. The zero-order valence-electron chi connectivity index (χ0n) is 6.89. The molecule has 0 saturated carbocycles. The first-order chi connectivity index (χ1) is 5.79. The van der Waals surface area contributed by atoms with E-state index in [9.17, 15) is 8.76 Å². The Hall–Kier alpha value is 0.220. The average molecular weight is 221 g/mol. The van der Waals surface area contributed by atoms with Crippen LogP contribution in [0.1, 0.15) is 0 Å². The van der Waals surface area contributed by atoms with E-state index in [1.807, 2.05) is 6.07 Å². The van der Waals surface area contributed by atoms with Crippen molar-refractivity contribution in [2.45, 2.75) is 4.90 Å². The van der Waals surface area contributed by atoms with E-state index in [2.05, 4.69) is 4.98 Å². The molecule has 2 rings (SSSR count). The van der Waals surface area contributed by atoms with Gasteiger partial charge in [0.15, 0.2) is 0 Å². The summed E-state index contributed by atoms with van der Waals surface area (Å²) < 4.78 is 22.3. The van der Waals surface area contributed by atoms with Gasteiger partial charge in [0.1, 0.15) is 0 Å². The number of hydrogen-bond donors (Lipinski definition) is 0. The van der Waals surface area contributed by atoms with Gasteiger partial charge in [0, 0.05) is 0 Å². The van der Waals surface area contributed by atoms with Crippen LogP contribution in [-0.2, 0) is 11.1 Å². The summed E-state index contributed by atoms with van der Waals surface area (Å²) >= 11 is -0.753. The smallest absolute Gasteiger partial charge is 0.768 e. The summed E-state index contributed by atoms with van der Waals surface area (Å²) in [5, 5.41) is 0. The van der Waals surface area contributed by atoms with Crippen molar-refractivity contribution in [1.82, 2.24) is 4.98 Å². The summed E-state index contributed by atoms with van der Waals surface area (Å²) in [6, 6.07) is 5.11. The SMILES string of the molecule is O=S([O-])c1cccc2scnc12.[Na+]. The zero-order chi connectivity index (χ0) is 8.55. The van der Waals surface area contributed by atoms with E-state index in [0.29, 0.717) is 5.52 Å². The van der Waals surface area contributed by atoms with Gasteiger partial charge in [-0.25, -0.2) is 4.98 Å². The Bertz CT molecular complexity index is 443. The van der Waals surface area contributed by atoms with Crippen LogP contribution in [0, 0.1) is 0 Å². The van der Waals surface area contributed by atoms with Gasteiger partial charge in [-0.05, 0) is 23.2 Å². The molecule has 0 aliphatic rings. The molecule has 2 aromatic rings. The fraction of sp³-hybridized carbons (Fsp3) is 0. The molecule has 0 aliphatic heterocycles. The maximum Gasteiger partial charge on any atom is 1.00 e. The molecule has 1 aromatic carbocycles. The summed E-state index contributed by atoms with van der Waals surface area (Å²) in [4.78, 5) is 4.24. The quantitative estimate of drug-likeness (QED) is 0.437. The van der Waals surface area contributed by atoms with Gasteiger partial charge in [-0.2, -0.15) is 0 Å². The van der Waals surface area contributed by atoms with Gasteiger partial charge in [-0.15, -0.1) is 11.3 Å². The van der Waals surface area contributed by atoms with Gasteiger partial charge in [0.25, 0.3) is 0 Å². The molecule has 0 N–H and O–H groups in total. The van der Waals surface area contributed by atoms with E-state index in [4.69, 9.17) is 0 Å². The second-order valence-corrected chi connectivity index (χ2v) is 3.99. The number of thiazole rings is 1. The largest absolute Gasteiger partial charge is 1.00 e. The van der Waals surface area contributed by atoms with Crippen LogP contribution in [0.25, 0.3) is 10.2 Å². The Kier molecular flexibility index (Phi) is 4.03. The fourth-order valence-electron chi connectivity index (χ4n) is 0.995. The van der Waals surface area contributed by atoms with E-state index in [0.717, 1.165) is 4.70 Å². The molecule has 0 saturated heterocycles. The van der Waals surface area contributed by atoms with E-state index >= 15 is 0 Å². The van der Waals surface area contributed by atoms with E-state index in [1.165, 1.54) is 11.3 Å². The van der Waals surface area contributed by atoms with Crippen LogP contribution in [0.2, 0.25) is 0 Å². The number of fused-ring (bicyclic) bond motifs is 1. The van der Waals surface area contributed by atoms with Crippen LogP contribution >= 0.6 is 11.3 Å². The average Bonchev–Trinajstić information content (AvgIpc) is 2.49. The van der Waals surface area contributed by atoms with Gasteiger partial charge < -0.3 is 4.55 Å². The molecule has 6 heteroatoms. The number of hydrogen-bond acceptors (Lipinski definition) is 4. The molecule has 0 spiro atoms. The zero-order valence-corrected chi connectivity index (χ0v) is 10.5. The molecular weight excluding hydrogens is 217 g/mol. The van der Waals surface area contributed by atoms with Crippen LogP contribution in [-0.4, -0.2) is 13.7 Å². The van der Waals surface area contributed by atoms with Crippen molar-refractivity contribution in [3.63, 3.8) is 0 Å². The Morgan fingerprint density at radius 3 is 2.92 bits per heavy atom. The minimum Gasteiger partial charge on any atom is -0.768 e. The van der Waals surface area contributed by atoms with Gasteiger partial charge in [-0.3, -0.25) is 4.21 Å². The van der Waals surface area contributed by atoms with Crippen molar-refractivity contribution in [2.24, 2.45) is 0 Å². The first-order valence-electron chi connectivity index (χ1n) is 3.20. The Balaban J connectivity index is 0.000000845. The number of nitrogens with zero attached hydrogens (tertiary/aromatic N) is 1. The predicted octanol–water partition coefficient (Wildman–Crippen LogP) is -1.46. The van der Waals surface area contributed by atoms with E-state index in [1.54, 1.807) is 17.6 Å². The predicted molar refractivity (Wildman–Crippen MR) is 46.8 cm³/mol. The third-order valence-corrected chi connectivity index (χ3v) is 2.99. The topological polar surface area (TPSA) is 53.0 Å². The summed E-state index contributed by atoms with van der Waals surface area (Å²) in [5.74, 6) is 0. The second kappa shape index (κ2) is 4.63. The molecule has 0 amide bonds. The van der Waals surface area contributed by atoms with Crippen LogP contribution in [0.15, 0.2) is 28.6 Å². The molecule has 3 nitrogen and oxygen atoms in total. The van der Waals surface area contributed by atoms with Crippen molar-refractivity contribution in [2.75, 3.05) is 0 Å². The third-order valence-electron chi connectivity index (χ3n) is 1.50. The minimum atomic E-state index is -2.19. The second-order valence-electron chi connectivity index (χ2n) is 2.19. The van der Waals surface area contributed by atoms with Crippen LogP contribution in [0.5, 0.6) is 0 Å². The number of para-hydroxylation sites is 1. The fourth-order valence-corrected chi connectivity index (χ4v) is 2.27. The van der Waals surface area contributed by atoms with Crippen molar-refractivity contribution in [1.29, 1.82) is 0 Å². The Morgan fingerprint density at radius 2 is 2.23 bits per heavy atom. The maximum absolute atomic E-state index is 10.7. The van der Waals surface area contributed by atoms with Crippen molar-refractivity contribution in [3.05, 3.63) is 23.7 Å². The van der Waals surface area contributed by atoms with Crippen LogP contribution in [0.3, 0.4) is 0 Å². The van der Waals surface area contributed by atoms with Crippen LogP contribution < -0.4 is 29.6 Å². The van der Waals surface area contributed by atoms with E-state index < -0.39 is 11.1 Å². The molecule has 0 bridgehead atoms. The van der Waals surface area contributed by atoms with Gasteiger partial charge in [0.05, 0.1) is 20.6 Å². The van der Waals surface area contributed by atoms with Gasteiger partial charge >= 0.3 is 29.6 Å². The molecule has 0 radical (unpaired) electrons. The summed E-state index contributed by atoms with van der Waals surface area (Å²) in [6.45, 7) is 0. The summed E-state index contributed by atoms with van der Waals surface area (Å²) in [7, 11) is 0. The monoisotopic (exact) mass is 221 g/mol. The molecule has 1 atom stereocenters. The number of benzene rings is 1. The minimum absolute atomic E-state index is 0. The number of aromatic nitrogens is 1. The normalized spacial score (nSPS) is 12.4. The number of rotatable bonds is 1. The molecule has 1 aromatic heterocycles. The molecular formula is C7H4NNaO2S2. The molecule has 0 aliphatic carbocycles. The Morgan fingerprint density at radius 1 is 1.46 bits per heavy atom. The maximum atomic E-state index is 10.7. The molecule has 0 fully saturated rings. The van der Waals surface area contributed by atoms with E-state index in [-0.39, 0.29) is 34.5 Å².